The van der Waals surface area contributed by atoms with Crippen LogP contribution in [0.2, 0.25) is 0 Å². The highest BCUT2D eigenvalue weighted by Crippen LogP contribution is 2.41. The molecule has 4 aromatic rings. The van der Waals surface area contributed by atoms with Crippen LogP contribution in [0.1, 0.15) is 35.7 Å². The third-order valence-electron chi connectivity index (χ3n) is 6.54. The number of aromatic nitrogens is 1. The van der Waals surface area contributed by atoms with Gasteiger partial charge < -0.3 is 18.8 Å². The van der Waals surface area contributed by atoms with Crippen LogP contribution in [0.3, 0.4) is 0 Å². The number of hydrogen-bond donors (Lipinski definition) is 0. The van der Waals surface area contributed by atoms with Crippen molar-refractivity contribution < 1.29 is 18.7 Å². The molecule has 0 aliphatic carbocycles. The number of para-hydroxylation sites is 2. The van der Waals surface area contributed by atoms with Gasteiger partial charge in [0.2, 0.25) is 5.91 Å². The second kappa shape index (κ2) is 8.74. The zero-order chi connectivity index (χ0) is 23.8. The SMILES string of the molecule is COc1cc2c(cc1OC)C(c1ccccc1)N(C(=O)C(C)n1c(=O)oc3ccccc31)CC2. The molecule has 0 saturated carbocycles. The monoisotopic (exact) mass is 458 g/mol. The number of methoxy groups -OCH3 is 2. The minimum absolute atomic E-state index is 0.150. The van der Waals surface area contributed by atoms with Crippen LogP contribution in [-0.4, -0.2) is 36.1 Å². The van der Waals surface area contributed by atoms with E-state index in [4.69, 9.17) is 13.9 Å². The summed E-state index contributed by atoms with van der Waals surface area (Å²) in [4.78, 5) is 28.4. The number of ether oxygens (including phenoxy) is 2. The fourth-order valence-corrected chi connectivity index (χ4v) is 4.88. The van der Waals surface area contributed by atoms with E-state index in [0.717, 1.165) is 16.7 Å². The third-order valence-corrected chi connectivity index (χ3v) is 6.54. The quantitative estimate of drug-likeness (QED) is 0.445. The summed E-state index contributed by atoms with van der Waals surface area (Å²) in [5.74, 6) is 0.587. The van der Waals surface area contributed by atoms with Gasteiger partial charge in [0, 0.05) is 6.54 Å². The van der Waals surface area contributed by atoms with E-state index in [9.17, 15) is 9.59 Å². The van der Waals surface area contributed by atoms with Crippen LogP contribution < -0.4 is 15.2 Å². The molecule has 2 atom stereocenters. The van der Waals surface area contributed by atoms with Gasteiger partial charge in [0.25, 0.3) is 0 Å². The van der Waals surface area contributed by atoms with Gasteiger partial charge in [-0.15, -0.1) is 0 Å². The van der Waals surface area contributed by atoms with Gasteiger partial charge in [-0.3, -0.25) is 9.36 Å². The van der Waals surface area contributed by atoms with Gasteiger partial charge in [-0.2, -0.15) is 0 Å². The maximum Gasteiger partial charge on any atom is 0.420 e. The Morgan fingerprint density at radius 2 is 1.68 bits per heavy atom. The van der Waals surface area contributed by atoms with Crippen LogP contribution in [0.5, 0.6) is 11.5 Å². The number of carbonyl (C=O) groups is 1. The third kappa shape index (κ3) is 3.53. The zero-order valence-electron chi connectivity index (χ0n) is 19.4. The number of nitrogens with zero attached hydrogens (tertiary/aromatic N) is 2. The van der Waals surface area contributed by atoms with Crippen molar-refractivity contribution in [2.75, 3.05) is 20.8 Å². The van der Waals surface area contributed by atoms with Crippen molar-refractivity contribution in [1.29, 1.82) is 0 Å². The van der Waals surface area contributed by atoms with Crippen LogP contribution in [0.25, 0.3) is 11.1 Å². The van der Waals surface area contributed by atoms with Gasteiger partial charge in [-0.1, -0.05) is 42.5 Å². The van der Waals surface area contributed by atoms with E-state index >= 15 is 0 Å². The van der Waals surface area contributed by atoms with Crippen LogP contribution in [0.4, 0.5) is 0 Å². The molecule has 2 unspecified atom stereocenters. The number of carbonyl (C=O) groups excluding carboxylic acids is 1. The Kier molecular flexibility index (Phi) is 5.61. The number of amides is 1. The average Bonchev–Trinajstić information content (AvgIpc) is 3.22. The maximum atomic E-state index is 13.9. The molecule has 0 fully saturated rings. The Morgan fingerprint density at radius 3 is 2.41 bits per heavy atom. The van der Waals surface area contributed by atoms with Gasteiger partial charge in [-0.05, 0) is 54.3 Å². The van der Waals surface area contributed by atoms with Gasteiger partial charge in [0.15, 0.2) is 17.1 Å². The maximum absolute atomic E-state index is 13.9. The second-order valence-electron chi connectivity index (χ2n) is 8.38. The molecule has 0 bridgehead atoms. The van der Waals surface area contributed by atoms with Crippen LogP contribution in [0.15, 0.2) is 75.9 Å². The van der Waals surface area contributed by atoms with Crippen LogP contribution in [0, 0.1) is 0 Å². The molecule has 174 valence electrons. The Balaban J connectivity index is 1.61. The molecule has 0 radical (unpaired) electrons. The van der Waals surface area contributed by atoms with Crippen LogP contribution in [-0.2, 0) is 11.2 Å². The molecule has 0 saturated heterocycles. The van der Waals surface area contributed by atoms with E-state index in [2.05, 4.69) is 0 Å². The van der Waals surface area contributed by atoms with Crippen molar-refractivity contribution in [2.45, 2.75) is 25.4 Å². The average molecular weight is 459 g/mol. The van der Waals surface area contributed by atoms with Gasteiger partial charge >= 0.3 is 5.76 Å². The molecule has 1 aromatic heterocycles. The van der Waals surface area contributed by atoms with E-state index in [1.165, 1.54) is 4.57 Å². The number of oxazole rings is 1. The van der Waals surface area contributed by atoms with Crippen molar-refractivity contribution in [3.63, 3.8) is 0 Å². The van der Waals surface area contributed by atoms with Crippen molar-refractivity contribution >= 4 is 17.0 Å². The molecule has 2 heterocycles. The van der Waals surface area contributed by atoms with E-state index in [1.807, 2.05) is 53.4 Å². The molecular formula is C27H26N2O5. The molecule has 7 heteroatoms. The Bertz CT molecular complexity index is 1410. The highest BCUT2D eigenvalue weighted by molar-refractivity contribution is 5.84. The fraction of sp³-hybridized carbons (Fsp3) is 0.259. The fourth-order valence-electron chi connectivity index (χ4n) is 4.88. The smallest absolute Gasteiger partial charge is 0.420 e. The van der Waals surface area contributed by atoms with Crippen molar-refractivity contribution in [3.8, 4) is 11.5 Å². The first-order valence-electron chi connectivity index (χ1n) is 11.2. The van der Waals surface area contributed by atoms with Crippen molar-refractivity contribution in [3.05, 3.63) is 94.0 Å². The van der Waals surface area contributed by atoms with Gasteiger partial charge in [0.1, 0.15) is 6.04 Å². The Morgan fingerprint density at radius 1 is 1.00 bits per heavy atom. The number of hydrogen-bond acceptors (Lipinski definition) is 5. The summed E-state index contributed by atoms with van der Waals surface area (Å²) in [6, 6.07) is 19.9. The van der Waals surface area contributed by atoms with E-state index in [-0.39, 0.29) is 11.9 Å². The van der Waals surface area contributed by atoms with Gasteiger partial charge in [-0.25, -0.2) is 4.79 Å². The Hall–Kier alpha value is -4.00. The summed E-state index contributed by atoms with van der Waals surface area (Å²) in [5.41, 5.74) is 4.15. The summed E-state index contributed by atoms with van der Waals surface area (Å²) in [5, 5.41) is 0. The standard InChI is InChI=1S/C27H26N2O5/c1-17(29-21-11-7-8-12-22(21)34-27(29)31)26(30)28-14-13-19-15-23(32-2)24(33-3)16-20(19)25(28)18-9-5-4-6-10-18/h4-12,15-17,25H,13-14H2,1-3H3. The number of benzene rings is 3. The normalized spacial score (nSPS) is 16.2. The summed E-state index contributed by atoms with van der Waals surface area (Å²) in [6.45, 7) is 2.26. The summed E-state index contributed by atoms with van der Waals surface area (Å²) in [6.07, 6.45) is 0.665. The second-order valence-corrected chi connectivity index (χ2v) is 8.38. The lowest BCUT2D eigenvalue weighted by Gasteiger charge is -2.39. The van der Waals surface area contributed by atoms with E-state index < -0.39 is 11.8 Å². The zero-order valence-corrected chi connectivity index (χ0v) is 19.4. The first kappa shape index (κ1) is 21.8. The van der Waals surface area contributed by atoms with E-state index in [0.29, 0.717) is 35.6 Å². The summed E-state index contributed by atoms with van der Waals surface area (Å²) >= 11 is 0. The molecule has 5 rings (SSSR count). The molecule has 1 aliphatic heterocycles. The molecule has 34 heavy (non-hydrogen) atoms. The summed E-state index contributed by atoms with van der Waals surface area (Å²) < 4.78 is 17.9. The topological polar surface area (TPSA) is 73.9 Å². The highest BCUT2D eigenvalue weighted by atomic mass is 16.5. The Labute approximate surface area is 197 Å². The molecule has 1 aliphatic rings. The number of fused-ring (bicyclic) bond motifs is 2. The van der Waals surface area contributed by atoms with E-state index in [1.54, 1.807) is 39.3 Å². The van der Waals surface area contributed by atoms with Crippen LogP contribution >= 0.6 is 0 Å². The largest absolute Gasteiger partial charge is 0.493 e. The molecule has 0 N–H and O–H groups in total. The minimum atomic E-state index is -0.732. The van der Waals surface area contributed by atoms with Gasteiger partial charge in [0.05, 0.1) is 25.8 Å². The first-order valence-corrected chi connectivity index (χ1v) is 11.2. The lowest BCUT2D eigenvalue weighted by molar-refractivity contribution is -0.136. The predicted molar refractivity (Wildman–Crippen MR) is 128 cm³/mol. The molecule has 3 aromatic carbocycles. The molecule has 1 amide bonds. The minimum Gasteiger partial charge on any atom is -0.493 e. The highest BCUT2D eigenvalue weighted by Gasteiger charge is 2.36. The molecule has 7 nitrogen and oxygen atoms in total. The predicted octanol–water partition coefficient (Wildman–Crippen LogP) is 4.35. The van der Waals surface area contributed by atoms with Crippen molar-refractivity contribution in [1.82, 2.24) is 9.47 Å². The number of rotatable bonds is 5. The first-order chi connectivity index (χ1) is 16.5. The molecular weight excluding hydrogens is 432 g/mol. The van der Waals surface area contributed by atoms with Crippen molar-refractivity contribution in [2.24, 2.45) is 0 Å². The summed E-state index contributed by atoms with van der Waals surface area (Å²) in [7, 11) is 3.22. The molecule has 0 spiro atoms. The lowest BCUT2D eigenvalue weighted by Crippen LogP contribution is -2.44. The lowest BCUT2D eigenvalue weighted by atomic mass is 9.87.